The van der Waals surface area contributed by atoms with Gasteiger partial charge < -0.3 is 0 Å². The molecule has 0 radical (unpaired) electrons. The second-order valence-corrected chi connectivity index (χ2v) is 3.09. The van der Waals surface area contributed by atoms with Gasteiger partial charge in [-0.3, -0.25) is 0 Å². The van der Waals surface area contributed by atoms with Crippen LogP contribution in [0.15, 0.2) is 41.2 Å². The lowest BCUT2D eigenvalue weighted by Crippen LogP contribution is -1.94. The third kappa shape index (κ3) is 1.36. The zero-order chi connectivity index (χ0) is 7.52. The molecule has 0 heterocycles. The monoisotopic (exact) mass is 144 g/mol. The summed E-state index contributed by atoms with van der Waals surface area (Å²) in [7, 11) is 0. The predicted molar refractivity (Wildman–Crippen MR) is 47.3 cm³/mol. The fourth-order valence-corrected chi connectivity index (χ4v) is 1.68. The van der Waals surface area contributed by atoms with Gasteiger partial charge >= 0.3 is 0 Å². The minimum absolute atomic E-state index is 1.25. The zero-order valence-corrected chi connectivity index (χ0v) is 6.64. The highest BCUT2D eigenvalue weighted by Crippen LogP contribution is 2.26. The van der Waals surface area contributed by atoms with Crippen molar-refractivity contribution in [1.29, 1.82) is 0 Å². The van der Waals surface area contributed by atoms with E-state index in [9.17, 15) is 0 Å². The topological polar surface area (TPSA) is 0 Å². The van der Waals surface area contributed by atoms with Gasteiger partial charge in [0.1, 0.15) is 0 Å². The van der Waals surface area contributed by atoms with Crippen molar-refractivity contribution >= 4 is 0 Å². The van der Waals surface area contributed by atoms with Crippen molar-refractivity contribution in [3.63, 3.8) is 0 Å². The molecule has 11 heavy (non-hydrogen) atoms. The van der Waals surface area contributed by atoms with Gasteiger partial charge in [-0.05, 0) is 49.0 Å². The second-order valence-electron chi connectivity index (χ2n) is 3.09. The minimum atomic E-state index is 1.25. The molecule has 2 rings (SSSR count). The molecule has 0 fully saturated rings. The van der Waals surface area contributed by atoms with Crippen LogP contribution in [0.5, 0.6) is 0 Å². The average molecular weight is 144 g/mol. The maximum Gasteiger partial charge on any atom is -0.0165 e. The van der Waals surface area contributed by atoms with Crippen LogP contribution in [0.4, 0.5) is 0 Å². The number of hydrogen-bond acceptors (Lipinski definition) is 0. The van der Waals surface area contributed by atoms with E-state index in [4.69, 9.17) is 0 Å². The molecule has 0 heteroatoms. The fraction of sp³-hybridized carbons (Fsp3) is 0.364. The number of hydrogen-bond donors (Lipinski definition) is 0. The number of rotatable bonds is 0. The van der Waals surface area contributed by atoms with E-state index in [0.29, 0.717) is 0 Å². The van der Waals surface area contributed by atoms with Crippen LogP contribution in [0.25, 0.3) is 0 Å². The Balaban J connectivity index is 2.38. The molecule has 0 atom stereocenters. The van der Waals surface area contributed by atoms with Crippen molar-refractivity contribution in [2.45, 2.75) is 25.7 Å². The van der Waals surface area contributed by atoms with Crippen molar-refractivity contribution in [3.05, 3.63) is 41.2 Å². The van der Waals surface area contributed by atoms with Crippen LogP contribution >= 0.6 is 0 Å². The Bertz CT molecular complexity index is 270. The van der Waals surface area contributed by atoms with Crippen molar-refractivity contribution < 1.29 is 0 Å². The van der Waals surface area contributed by atoms with Crippen LogP contribution in [-0.4, -0.2) is 0 Å². The van der Waals surface area contributed by atoms with Crippen molar-refractivity contribution in [2.75, 3.05) is 0 Å². The van der Waals surface area contributed by atoms with Crippen LogP contribution in [0.3, 0.4) is 0 Å². The van der Waals surface area contributed by atoms with Gasteiger partial charge in [-0.25, -0.2) is 0 Å². The Morgan fingerprint density at radius 2 is 1.91 bits per heavy atom. The summed E-state index contributed by atoms with van der Waals surface area (Å²) in [5, 5.41) is 0. The van der Waals surface area contributed by atoms with Crippen LogP contribution in [0.1, 0.15) is 25.7 Å². The highest BCUT2D eigenvalue weighted by molar-refractivity contribution is 5.38. The lowest BCUT2D eigenvalue weighted by molar-refractivity contribution is 0.694. The van der Waals surface area contributed by atoms with Crippen LogP contribution in [-0.2, 0) is 0 Å². The van der Waals surface area contributed by atoms with Crippen molar-refractivity contribution in [1.82, 2.24) is 0 Å². The predicted octanol–water partition coefficient (Wildman–Crippen LogP) is 3.14. The van der Waals surface area contributed by atoms with Gasteiger partial charge in [-0.2, -0.15) is 0 Å². The largest absolute Gasteiger partial charge is 0.121 e. The molecule has 0 bridgehead atoms. The first-order valence-electron chi connectivity index (χ1n) is 4.28. The molecule has 0 nitrogen and oxygen atoms in total. The van der Waals surface area contributed by atoms with E-state index < -0.39 is 0 Å². The molecule has 0 N–H and O–H groups in total. The SMILES string of the molecule is C1=CC=CC2=C(C=1)CCCC2. The van der Waals surface area contributed by atoms with Crippen LogP contribution in [0.2, 0.25) is 0 Å². The summed E-state index contributed by atoms with van der Waals surface area (Å²) in [5.74, 6) is 0. The van der Waals surface area contributed by atoms with Gasteiger partial charge in [-0.1, -0.05) is 12.2 Å². The van der Waals surface area contributed by atoms with Crippen molar-refractivity contribution in [3.8, 4) is 0 Å². The van der Waals surface area contributed by atoms with E-state index in [0.717, 1.165) is 0 Å². The summed E-state index contributed by atoms with van der Waals surface area (Å²) in [4.78, 5) is 0. The molecule has 0 aromatic heterocycles. The molecule has 0 saturated carbocycles. The van der Waals surface area contributed by atoms with E-state index in [2.05, 4.69) is 24.0 Å². The van der Waals surface area contributed by atoms with E-state index in [-0.39, 0.29) is 0 Å². The summed E-state index contributed by atoms with van der Waals surface area (Å²) in [6, 6.07) is 0. The first-order chi connectivity index (χ1) is 5.47. The maximum absolute atomic E-state index is 3.15. The standard InChI is InChI=1S/C11H12/c1-2-6-10-8-4-5-9-11(10)7-3-1/h1-2,6-7H,4-5,8-9H2. The molecular weight excluding hydrogens is 132 g/mol. The third-order valence-corrected chi connectivity index (χ3v) is 2.30. The van der Waals surface area contributed by atoms with Crippen LogP contribution < -0.4 is 0 Å². The molecule has 0 amide bonds. The lowest BCUT2D eigenvalue weighted by atomic mass is 9.92. The summed E-state index contributed by atoms with van der Waals surface area (Å²) < 4.78 is 0. The first-order valence-corrected chi connectivity index (χ1v) is 4.28. The third-order valence-electron chi connectivity index (χ3n) is 2.30. The average Bonchev–Trinajstić information content (AvgIpc) is 2.28. The summed E-state index contributed by atoms with van der Waals surface area (Å²) in [6.07, 6.45) is 13.7. The Hall–Kier alpha value is -1.00. The van der Waals surface area contributed by atoms with Gasteiger partial charge in [0.15, 0.2) is 0 Å². The van der Waals surface area contributed by atoms with Crippen molar-refractivity contribution in [2.24, 2.45) is 0 Å². The summed E-state index contributed by atoms with van der Waals surface area (Å²) >= 11 is 0. The highest BCUT2D eigenvalue weighted by atomic mass is 14.1. The van der Waals surface area contributed by atoms with Gasteiger partial charge in [-0.15, -0.1) is 5.73 Å². The highest BCUT2D eigenvalue weighted by Gasteiger charge is 2.07. The summed E-state index contributed by atoms with van der Waals surface area (Å²) in [6.45, 7) is 0. The Kier molecular flexibility index (Phi) is 1.79. The molecule has 0 unspecified atom stereocenters. The van der Waals surface area contributed by atoms with Gasteiger partial charge in [0.2, 0.25) is 0 Å². The molecule has 0 aromatic carbocycles. The molecule has 0 spiro atoms. The maximum atomic E-state index is 3.15. The molecule has 0 aliphatic heterocycles. The van der Waals surface area contributed by atoms with E-state index >= 15 is 0 Å². The molecule has 2 aliphatic rings. The molecule has 0 aromatic rings. The Morgan fingerprint density at radius 1 is 1.09 bits per heavy atom. The van der Waals surface area contributed by atoms with Gasteiger partial charge in [0, 0.05) is 0 Å². The lowest BCUT2D eigenvalue weighted by Gasteiger charge is -2.13. The van der Waals surface area contributed by atoms with Gasteiger partial charge in [0.05, 0.1) is 0 Å². The molecule has 56 valence electrons. The van der Waals surface area contributed by atoms with Gasteiger partial charge in [0.25, 0.3) is 0 Å². The second kappa shape index (κ2) is 2.94. The molecule has 0 saturated heterocycles. The first kappa shape index (κ1) is 6.69. The summed E-state index contributed by atoms with van der Waals surface area (Å²) in [5.41, 5.74) is 6.18. The normalized spacial score (nSPS) is 21.8. The zero-order valence-electron chi connectivity index (χ0n) is 6.64. The molecule has 2 aliphatic carbocycles. The smallest absolute Gasteiger partial charge is 0.0165 e. The number of allylic oxidation sites excluding steroid dienone is 5. The fourth-order valence-electron chi connectivity index (χ4n) is 1.68. The van der Waals surface area contributed by atoms with E-state index in [1.54, 1.807) is 0 Å². The molecular formula is C11H12. The minimum Gasteiger partial charge on any atom is -0.121 e. The quantitative estimate of drug-likeness (QED) is 0.458. The Morgan fingerprint density at radius 3 is 2.82 bits per heavy atom. The van der Waals surface area contributed by atoms with E-state index in [1.165, 1.54) is 36.8 Å². The van der Waals surface area contributed by atoms with Crippen LogP contribution in [0, 0.1) is 0 Å². The Labute approximate surface area is 67.6 Å². The van der Waals surface area contributed by atoms with E-state index in [1.807, 2.05) is 6.08 Å².